The highest BCUT2D eigenvalue weighted by Gasteiger charge is 2.70. The van der Waals surface area contributed by atoms with E-state index in [-0.39, 0.29) is 9.92 Å². The highest BCUT2D eigenvalue weighted by atomic mass is 35.5. The van der Waals surface area contributed by atoms with Gasteiger partial charge in [0.2, 0.25) is 5.91 Å². The van der Waals surface area contributed by atoms with Gasteiger partial charge in [0, 0.05) is 23.7 Å². The summed E-state index contributed by atoms with van der Waals surface area (Å²) in [7, 11) is -4.65. The second-order valence-corrected chi connectivity index (χ2v) is 11.2. The van der Waals surface area contributed by atoms with Crippen molar-refractivity contribution < 1.29 is 40.3 Å². The van der Waals surface area contributed by atoms with Crippen molar-refractivity contribution in [2.24, 2.45) is 5.41 Å². The van der Waals surface area contributed by atoms with Gasteiger partial charge < -0.3 is 10.0 Å². The monoisotopic (exact) mass is 523 g/mol. The Bertz CT molecular complexity index is 1230. The molecular weight excluding hydrogens is 505 g/mol. The quantitative estimate of drug-likeness (QED) is 0.609. The second kappa shape index (κ2) is 8.17. The van der Waals surface area contributed by atoms with E-state index in [0.717, 1.165) is 23.1 Å². The number of carbonyl (C=O) groups is 1. The molecule has 12 heteroatoms. The number of nitrogens with zero attached hydrogens (tertiary/aromatic N) is 1. The summed E-state index contributed by atoms with van der Waals surface area (Å²) in [6, 6.07) is 6.89. The van der Waals surface area contributed by atoms with Crippen molar-refractivity contribution in [3.05, 3.63) is 64.7 Å². The van der Waals surface area contributed by atoms with Gasteiger partial charge in [-0.1, -0.05) is 11.6 Å². The zero-order valence-electron chi connectivity index (χ0n) is 17.4. The summed E-state index contributed by atoms with van der Waals surface area (Å²) >= 11 is 5.82. The van der Waals surface area contributed by atoms with Crippen LogP contribution < -0.4 is 0 Å². The molecule has 1 aliphatic carbocycles. The van der Waals surface area contributed by atoms with Crippen LogP contribution in [0.2, 0.25) is 5.02 Å². The van der Waals surface area contributed by atoms with Crippen molar-refractivity contribution in [3.8, 4) is 0 Å². The number of β-amino-alcohol motifs (C(OH)–C–C–N with tert-alkyl or cyclic N) is 1. The molecule has 34 heavy (non-hydrogen) atoms. The molecule has 5 nitrogen and oxygen atoms in total. The largest absolute Gasteiger partial charge is 0.403 e. The normalized spacial score (nSPS) is 24.7. The van der Waals surface area contributed by atoms with Crippen molar-refractivity contribution >= 4 is 27.3 Å². The van der Waals surface area contributed by atoms with Gasteiger partial charge in [-0.15, -0.1) is 0 Å². The summed E-state index contributed by atoms with van der Waals surface area (Å²) in [5.74, 6) is -3.36. The maximum Gasteiger partial charge on any atom is 0.403 e. The average Bonchev–Trinajstić information content (AvgIpc) is 3.57. The first-order valence-corrected chi connectivity index (χ1v) is 12.1. The maximum atomic E-state index is 14.9. The van der Waals surface area contributed by atoms with Crippen molar-refractivity contribution in [2.75, 3.05) is 13.1 Å². The molecule has 1 aliphatic heterocycles. The van der Waals surface area contributed by atoms with E-state index in [1.54, 1.807) is 0 Å². The summed E-state index contributed by atoms with van der Waals surface area (Å²) in [5.41, 5.74) is -3.23. The smallest absolute Gasteiger partial charge is 0.389 e. The molecule has 0 aromatic heterocycles. The van der Waals surface area contributed by atoms with E-state index in [9.17, 15) is 40.3 Å². The number of rotatable bonds is 4. The van der Waals surface area contributed by atoms with Gasteiger partial charge in [-0.25, -0.2) is 17.2 Å². The number of hydrogen-bond acceptors (Lipinski definition) is 4. The van der Waals surface area contributed by atoms with Gasteiger partial charge in [-0.2, -0.15) is 13.2 Å². The van der Waals surface area contributed by atoms with Crippen LogP contribution >= 0.6 is 11.6 Å². The zero-order valence-corrected chi connectivity index (χ0v) is 19.0. The molecule has 0 bridgehead atoms. The SMILES string of the molecule is O=C(N1CC[C@](c2cc(F)ccc2F)(S(=O)(=O)c2ccc(Cl)cc2)[C@@H](O)C1)C1(C(F)(F)F)CC1. The van der Waals surface area contributed by atoms with Crippen LogP contribution in [0.25, 0.3) is 0 Å². The maximum absolute atomic E-state index is 14.9. The fourth-order valence-corrected chi connectivity index (χ4v) is 6.84. The number of benzene rings is 2. The lowest BCUT2D eigenvalue weighted by atomic mass is 9.84. The Hall–Kier alpha value is -2.24. The first kappa shape index (κ1) is 24.9. The van der Waals surface area contributed by atoms with E-state index in [0.29, 0.717) is 12.1 Å². The van der Waals surface area contributed by atoms with Crippen LogP contribution in [0.3, 0.4) is 0 Å². The molecule has 1 amide bonds. The summed E-state index contributed by atoms with van der Waals surface area (Å²) in [6.45, 7) is -1.32. The average molecular weight is 524 g/mol. The summed E-state index contributed by atoms with van der Waals surface area (Å²) < 4.78 is 94.4. The number of hydrogen-bond donors (Lipinski definition) is 1. The highest BCUT2D eigenvalue weighted by Crippen LogP contribution is 2.59. The molecule has 2 aromatic rings. The Morgan fingerprint density at radius 1 is 1.06 bits per heavy atom. The molecule has 1 saturated carbocycles. The Morgan fingerprint density at radius 2 is 1.68 bits per heavy atom. The van der Waals surface area contributed by atoms with Gasteiger partial charge in [0.15, 0.2) is 9.84 Å². The van der Waals surface area contributed by atoms with E-state index < -0.39 is 87.7 Å². The van der Waals surface area contributed by atoms with Gasteiger partial charge in [-0.05, 0) is 61.7 Å². The van der Waals surface area contributed by atoms with Crippen LogP contribution in [0.4, 0.5) is 22.0 Å². The standard InChI is InChI=1S/C22H19ClF5NO4S/c23-13-1-4-15(5-2-13)34(32,33)21(16-11-14(24)3-6-17(16)25)9-10-29(12-18(21)30)19(31)20(7-8-20)22(26,27)28/h1-6,11,18,30H,7-10,12H2/t18-,21+/m0/s1. The molecule has 2 fully saturated rings. The third kappa shape index (κ3) is 3.68. The predicted octanol–water partition coefficient (Wildman–Crippen LogP) is 4.22. The lowest BCUT2D eigenvalue weighted by molar-refractivity contribution is -0.200. The van der Waals surface area contributed by atoms with Gasteiger partial charge in [-0.3, -0.25) is 4.79 Å². The fraction of sp³-hybridized carbons (Fsp3) is 0.409. The minimum atomic E-state index is -4.80. The predicted molar refractivity (Wildman–Crippen MR) is 112 cm³/mol. The molecule has 0 spiro atoms. The van der Waals surface area contributed by atoms with Crippen LogP contribution in [0.5, 0.6) is 0 Å². The van der Waals surface area contributed by atoms with Crippen LogP contribution in [0, 0.1) is 17.0 Å². The van der Waals surface area contributed by atoms with Gasteiger partial charge in [0.1, 0.15) is 21.8 Å². The van der Waals surface area contributed by atoms with Crippen LogP contribution in [-0.2, 0) is 19.4 Å². The molecule has 2 aromatic carbocycles. The number of aliphatic hydroxyl groups excluding tert-OH is 1. The van der Waals surface area contributed by atoms with Gasteiger partial charge in [0.25, 0.3) is 0 Å². The Balaban J connectivity index is 1.80. The molecule has 1 N–H and O–H groups in total. The topological polar surface area (TPSA) is 74.7 Å². The fourth-order valence-electron chi connectivity index (χ4n) is 4.56. The minimum Gasteiger partial charge on any atom is -0.389 e. The Kier molecular flexibility index (Phi) is 5.97. The molecular formula is C22H19ClF5NO4S. The molecule has 2 atom stereocenters. The van der Waals surface area contributed by atoms with Crippen LogP contribution in [0.15, 0.2) is 47.4 Å². The van der Waals surface area contributed by atoms with E-state index in [2.05, 4.69) is 0 Å². The van der Waals surface area contributed by atoms with Crippen LogP contribution in [0.1, 0.15) is 24.8 Å². The van der Waals surface area contributed by atoms with E-state index in [4.69, 9.17) is 11.6 Å². The second-order valence-electron chi connectivity index (χ2n) is 8.57. The number of amides is 1. The number of likely N-dealkylation sites (tertiary alicyclic amines) is 1. The van der Waals surface area contributed by atoms with Crippen molar-refractivity contribution in [1.29, 1.82) is 0 Å². The number of piperidine rings is 1. The van der Waals surface area contributed by atoms with Crippen molar-refractivity contribution in [2.45, 2.75) is 41.2 Å². The molecule has 1 heterocycles. The molecule has 0 radical (unpaired) electrons. The third-order valence-corrected chi connectivity index (χ3v) is 9.46. The molecule has 1 saturated heterocycles. The highest BCUT2D eigenvalue weighted by molar-refractivity contribution is 7.92. The first-order valence-electron chi connectivity index (χ1n) is 10.3. The van der Waals surface area contributed by atoms with Crippen molar-refractivity contribution in [3.63, 3.8) is 0 Å². The molecule has 0 unspecified atom stereocenters. The Morgan fingerprint density at radius 3 is 2.21 bits per heavy atom. The van der Waals surface area contributed by atoms with E-state index in [1.165, 1.54) is 12.1 Å². The molecule has 2 aliphatic rings. The number of aliphatic hydroxyl groups is 1. The van der Waals surface area contributed by atoms with Crippen molar-refractivity contribution in [1.82, 2.24) is 4.90 Å². The molecule has 4 rings (SSSR count). The molecule has 184 valence electrons. The number of alkyl halides is 3. The Labute approximate surface area is 197 Å². The van der Waals surface area contributed by atoms with Crippen LogP contribution in [-0.4, -0.2) is 49.7 Å². The zero-order chi connectivity index (χ0) is 25.1. The third-order valence-electron chi connectivity index (χ3n) is 6.66. The summed E-state index contributed by atoms with van der Waals surface area (Å²) in [4.78, 5) is 13.1. The number of carbonyl (C=O) groups excluding carboxylic acids is 1. The first-order chi connectivity index (χ1) is 15.8. The minimum absolute atomic E-state index is 0.202. The lowest BCUT2D eigenvalue weighted by Crippen LogP contribution is -2.60. The number of sulfone groups is 1. The number of halogens is 6. The van der Waals surface area contributed by atoms with Gasteiger partial charge >= 0.3 is 6.18 Å². The van der Waals surface area contributed by atoms with E-state index >= 15 is 0 Å². The summed E-state index contributed by atoms with van der Waals surface area (Å²) in [6.07, 6.45) is -8.32. The summed E-state index contributed by atoms with van der Waals surface area (Å²) in [5, 5.41) is 11.3. The van der Waals surface area contributed by atoms with Gasteiger partial charge in [0.05, 0.1) is 11.0 Å². The lowest BCUT2D eigenvalue weighted by Gasteiger charge is -2.46. The van der Waals surface area contributed by atoms with E-state index in [1.807, 2.05) is 0 Å².